The first-order chi connectivity index (χ1) is 12.5. The second-order valence-corrected chi connectivity index (χ2v) is 6.57. The van der Waals surface area contributed by atoms with E-state index in [1.165, 1.54) is 27.2 Å². The van der Waals surface area contributed by atoms with Gasteiger partial charge in [0.1, 0.15) is 5.82 Å². The van der Waals surface area contributed by atoms with Crippen LogP contribution in [0.15, 0.2) is 64.0 Å². The van der Waals surface area contributed by atoms with Crippen molar-refractivity contribution in [2.24, 2.45) is 10.8 Å². The second-order valence-electron chi connectivity index (χ2n) is 5.78. The van der Waals surface area contributed by atoms with Crippen molar-refractivity contribution in [2.45, 2.75) is 6.17 Å². The monoisotopic (exact) mass is 416 g/mol. The number of hydrazine groups is 2. The van der Waals surface area contributed by atoms with E-state index in [1.54, 1.807) is 7.05 Å². The minimum Gasteiger partial charge on any atom is -0.254 e. The normalized spacial score (nSPS) is 19.8. The summed E-state index contributed by atoms with van der Waals surface area (Å²) >= 11 is 3.53. The third-order valence-electron chi connectivity index (χ3n) is 4.21. The number of amides is 2. The van der Waals surface area contributed by atoms with E-state index in [4.69, 9.17) is 10.8 Å². The Morgan fingerprint density at radius 1 is 1.19 bits per heavy atom. The molecule has 9 heteroatoms. The van der Waals surface area contributed by atoms with Crippen LogP contribution in [0.1, 0.15) is 17.4 Å². The van der Waals surface area contributed by atoms with Gasteiger partial charge >= 0.3 is 6.03 Å². The van der Waals surface area contributed by atoms with E-state index in [9.17, 15) is 9.18 Å². The number of rotatable bonds is 2. The molecule has 3 heterocycles. The highest BCUT2D eigenvalue weighted by atomic mass is 79.9. The SMILES string of the molecule is CN1C(=O)N2C(=C(Br)C(c3ccccc3)=NC2c2ccc(F)cn2)N1N. The van der Waals surface area contributed by atoms with Crippen molar-refractivity contribution in [1.82, 2.24) is 20.0 Å². The quantitative estimate of drug-likeness (QED) is 0.763. The molecule has 2 aliphatic heterocycles. The maximum atomic E-state index is 13.3. The molecule has 1 fully saturated rings. The van der Waals surface area contributed by atoms with E-state index in [1.807, 2.05) is 30.3 Å². The maximum absolute atomic E-state index is 13.3. The van der Waals surface area contributed by atoms with Crippen LogP contribution < -0.4 is 5.84 Å². The molecule has 2 N–H and O–H groups in total. The molecule has 1 saturated heterocycles. The molecule has 1 atom stereocenters. The van der Waals surface area contributed by atoms with Gasteiger partial charge in [-0.2, -0.15) is 5.12 Å². The molecule has 1 aromatic heterocycles. The highest BCUT2D eigenvalue weighted by Crippen LogP contribution is 2.40. The fourth-order valence-corrected chi connectivity index (χ4v) is 3.60. The highest BCUT2D eigenvalue weighted by Gasteiger charge is 2.46. The van der Waals surface area contributed by atoms with Crippen molar-refractivity contribution >= 4 is 27.7 Å². The largest absolute Gasteiger partial charge is 0.347 e. The Morgan fingerprint density at radius 2 is 1.92 bits per heavy atom. The number of pyridine rings is 1. The lowest BCUT2D eigenvalue weighted by Gasteiger charge is -2.30. The average molecular weight is 417 g/mol. The summed E-state index contributed by atoms with van der Waals surface area (Å²) in [6.07, 6.45) is 0.343. The predicted octanol–water partition coefficient (Wildman–Crippen LogP) is 2.74. The summed E-state index contributed by atoms with van der Waals surface area (Å²) in [5.41, 5.74) is 1.93. The van der Waals surface area contributed by atoms with E-state index in [0.717, 1.165) is 11.8 Å². The van der Waals surface area contributed by atoms with Crippen LogP contribution in [0.2, 0.25) is 0 Å². The van der Waals surface area contributed by atoms with Crippen LogP contribution in [0.5, 0.6) is 0 Å². The number of nitrogens with two attached hydrogens (primary N) is 1. The van der Waals surface area contributed by atoms with Gasteiger partial charge in [0.05, 0.1) is 22.1 Å². The summed E-state index contributed by atoms with van der Waals surface area (Å²) in [7, 11) is 1.56. The van der Waals surface area contributed by atoms with Crippen molar-refractivity contribution < 1.29 is 9.18 Å². The molecule has 2 aliphatic rings. The Kier molecular flexibility index (Phi) is 3.97. The molecule has 0 aliphatic carbocycles. The number of nitrogens with zero attached hydrogens (tertiary/aromatic N) is 5. The van der Waals surface area contributed by atoms with E-state index in [2.05, 4.69) is 20.9 Å². The van der Waals surface area contributed by atoms with Crippen molar-refractivity contribution in [3.8, 4) is 0 Å². The van der Waals surface area contributed by atoms with Crippen LogP contribution in [0, 0.1) is 5.82 Å². The number of urea groups is 1. The number of halogens is 2. The number of carbonyl (C=O) groups is 1. The van der Waals surface area contributed by atoms with Gasteiger partial charge in [0.2, 0.25) is 0 Å². The fourth-order valence-electron chi connectivity index (χ4n) is 2.90. The molecule has 0 radical (unpaired) electrons. The van der Waals surface area contributed by atoms with Crippen molar-refractivity contribution in [3.05, 3.63) is 76.0 Å². The molecule has 2 amide bonds. The molecule has 1 aromatic carbocycles. The number of fused-ring (bicyclic) bond motifs is 1. The summed E-state index contributed by atoms with van der Waals surface area (Å²) in [6, 6.07) is 12.0. The summed E-state index contributed by atoms with van der Waals surface area (Å²) in [5.74, 6) is 6.08. The minimum atomic E-state index is -0.759. The van der Waals surface area contributed by atoms with Gasteiger partial charge in [-0.15, -0.1) is 0 Å². The number of hydrogen-bond donors (Lipinski definition) is 1. The van der Waals surface area contributed by atoms with E-state index < -0.39 is 12.0 Å². The zero-order valence-corrected chi connectivity index (χ0v) is 15.3. The van der Waals surface area contributed by atoms with Gasteiger partial charge in [-0.25, -0.2) is 24.9 Å². The lowest BCUT2D eigenvalue weighted by molar-refractivity contribution is 0.106. The number of carbonyl (C=O) groups excluding carboxylic acids is 1. The van der Waals surface area contributed by atoms with Crippen LogP contribution in [0.25, 0.3) is 0 Å². The standard InChI is InChI=1S/C17H14BrFN6O/c1-23-17(26)24-15(12-8-7-11(19)9-21-12)22-14(10-5-3-2-4-6-10)13(18)16(24)25(23)20/h2-9,15H,20H2,1H3. The molecule has 0 spiro atoms. The number of aliphatic imine (C=N–C) groups is 1. The first kappa shape index (κ1) is 16.7. The zero-order chi connectivity index (χ0) is 18.4. The van der Waals surface area contributed by atoms with Crippen molar-refractivity contribution in [2.75, 3.05) is 7.05 Å². The Bertz CT molecular complexity index is 930. The van der Waals surface area contributed by atoms with Gasteiger partial charge in [0.25, 0.3) is 0 Å². The van der Waals surface area contributed by atoms with Crippen LogP contribution in [-0.4, -0.2) is 38.8 Å². The van der Waals surface area contributed by atoms with Crippen LogP contribution in [0.4, 0.5) is 9.18 Å². The lowest BCUT2D eigenvalue weighted by Crippen LogP contribution is -2.40. The van der Waals surface area contributed by atoms with Crippen LogP contribution in [0.3, 0.4) is 0 Å². The predicted molar refractivity (Wildman–Crippen MR) is 96.9 cm³/mol. The van der Waals surface area contributed by atoms with E-state index in [0.29, 0.717) is 21.7 Å². The lowest BCUT2D eigenvalue weighted by atomic mass is 10.1. The molecule has 2 aromatic rings. The molecular weight excluding hydrogens is 403 g/mol. The van der Waals surface area contributed by atoms with Gasteiger partial charge in [-0.3, -0.25) is 9.98 Å². The zero-order valence-electron chi connectivity index (χ0n) is 13.7. The van der Waals surface area contributed by atoms with Gasteiger partial charge < -0.3 is 0 Å². The molecule has 1 unspecified atom stereocenters. The third-order valence-corrected chi connectivity index (χ3v) is 4.94. The summed E-state index contributed by atoms with van der Waals surface area (Å²) in [6.45, 7) is 0. The Hall–Kier alpha value is -2.78. The Morgan fingerprint density at radius 3 is 2.58 bits per heavy atom. The topological polar surface area (TPSA) is 78.1 Å². The average Bonchev–Trinajstić information content (AvgIpc) is 2.89. The summed E-state index contributed by atoms with van der Waals surface area (Å²) < 4.78 is 13.9. The molecule has 26 heavy (non-hydrogen) atoms. The Balaban J connectivity index is 1.91. The molecule has 0 saturated carbocycles. The van der Waals surface area contributed by atoms with Gasteiger partial charge in [0.15, 0.2) is 12.0 Å². The van der Waals surface area contributed by atoms with Crippen molar-refractivity contribution in [1.29, 1.82) is 0 Å². The van der Waals surface area contributed by atoms with Gasteiger partial charge in [-0.05, 0) is 28.1 Å². The highest BCUT2D eigenvalue weighted by molar-refractivity contribution is 9.12. The first-order valence-electron chi connectivity index (χ1n) is 7.75. The molecule has 132 valence electrons. The summed E-state index contributed by atoms with van der Waals surface area (Å²) in [4.78, 5) is 22.9. The second kappa shape index (κ2) is 6.19. The molecule has 0 bridgehead atoms. The number of allylic oxidation sites excluding steroid dienone is 1. The minimum absolute atomic E-state index is 0.355. The number of aromatic nitrogens is 1. The number of hydrogen-bond acceptors (Lipinski definition) is 5. The van der Waals surface area contributed by atoms with E-state index >= 15 is 0 Å². The van der Waals surface area contributed by atoms with E-state index in [-0.39, 0.29) is 6.03 Å². The fraction of sp³-hybridized carbons (Fsp3) is 0.118. The summed E-state index contributed by atoms with van der Waals surface area (Å²) in [5, 5.41) is 2.52. The van der Waals surface area contributed by atoms with Gasteiger partial charge in [-0.1, -0.05) is 30.3 Å². The van der Waals surface area contributed by atoms with Crippen LogP contribution in [-0.2, 0) is 0 Å². The third kappa shape index (κ3) is 2.47. The molecular formula is C17H14BrFN6O. The first-order valence-corrected chi connectivity index (χ1v) is 8.55. The smallest absolute Gasteiger partial charge is 0.254 e. The Labute approximate surface area is 157 Å². The molecule has 7 nitrogen and oxygen atoms in total. The van der Waals surface area contributed by atoms with Crippen LogP contribution >= 0.6 is 15.9 Å². The maximum Gasteiger partial charge on any atom is 0.347 e. The van der Waals surface area contributed by atoms with Gasteiger partial charge in [0, 0.05) is 12.6 Å². The molecule has 4 rings (SSSR count). The number of benzene rings is 1. The van der Waals surface area contributed by atoms with Crippen molar-refractivity contribution in [3.63, 3.8) is 0 Å².